The summed E-state index contributed by atoms with van der Waals surface area (Å²) in [6.07, 6.45) is 59.0. The third-order valence-corrected chi connectivity index (χ3v) is 12.2. The Morgan fingerprint density at radius 2 is 0.783 bits per heavy atom. The zero-order chi connectivity index (χ0) is 43.7. The lowest BCUT2D eigenvalue weighted by Crippen LogP contribution is -2.45. The summed E-state index contributed by atoms with van der Waals surface area (Å²) in [7, 11) is 0. The van der Waals surface area contributed by atoms with Crippen LogP contribution < -0.4 is 5.32 Å². The first-order chi connectivity index (χ1) is 29.5. The fourth-order valence-corrected chi connectivity index (χ4v) is 8.10. The first-order valence-electron chi connectivity index (χ1n) is 26.6. The Morgan fingerprint density at radius 1 is 0.450 bits per heavy atom. The summed E-state index contributed by atoms with van der Waals surface area (Å²) >= 11 is 0. The molecule has 0 aromatic rings. The fraction of sp³-hybridized carbons (Fsp3) is 0.889. The van der Waals surface area contributed by atoms with Crippen molar-refractivity contribution in [3.63, 3.8) is 0 Å². The number of esters is 1. The van der Waals surface area contributed by atoms with Crippen molar-refractivity contribution < 1.29 is 24.5 Å². The molecule has 0 rings (SSSR count). The van der Waals surface area contributed by atoms with Crippen LogP contribution in [0.25, 0.3) is 0 Å². The first-order valence-corrected chi connectivity index (χ1v) is 26.6. The SMILES string of the molecule is CCCCCCCCCCCC/C=C/C(O)C(CO)NC(=O)CCCCCCC/C=C\CCCCCOC(=O)CCCCCCCCCCCCCCCCCCCCC. The molecule has 2 unspecified atom stereocenters. The lowest BCUT2D eigenvalue weighted by Gasteiger charge is -2.20. The van der Waals surface area contributed by atoms with Crippen molar-refractivity contribution >= 4 is 11.9 Å². The molecule has 3 N–H and O–H groups in total. The summed E-state index contributed by atoms with van der Waals surface area (Å²) < 4.78 is 5.46. The van der Waals surface area contributed by atoms with Gasteiger partial charge < -0.3 is 20.3 Å². The average Bonchev–Trinajstić information content (AvgIpc) is 3.25. The zero-order valence-electron chi connectivity index (χ0n) is 40.2. The van der Waals surface area contributed by atoms with Crippen LogP contribution in [-0.4, -0.2) is 47.4 Å². The number of carbonyl (C=O) groups excluding carboxylic acids is 2. The normalized spacial score (nSPS) is 12.8. The van der Waals surface area contributed by atoms with E-state index in [9.17, 15) is 19.8 Å². The van der Waals surface area contributed by atoms with Crippen LogP contribution in [0.1, 0.15) is 284 Å². The number of unbranched alkanes of at least 4 members (excludes halogenated alkanes) is 36. The molecule has 6 nitrogen and oxygen atoms in total. The van der Waals surface area contributed by atoms with E-state index in [-0.39, 0.29) is 18.5 Å². The lowest BCUT2D eigenvalue weighted by molar-refractivity contribution is -0.143. The van der Waals surface area contributed by atoms with Crippen molar-refractivity contribution in [3.05, 3.63) is 24.3 Å². The number of carbonyl (C=O) groups is 2. The smallest absolute Gasteiger partial charge is 0.305 e. The molecule has 2 atom stereocenters. The second-order valence-corrected chi connectivity index (χ2v) is 18.2. The Balaban J connectivity index is 3.48. The summed E-state index contributed by atoms with van der Waals surface area (Å²) in [6.45, 7) is 4.84. The summed E-state index contributed by atoms with van der Waals surface area (Å²) in [4.78, 5) is 24.5. The monoisotopic (exact) mass is 846 g/mol. The van der Waals surface area contributed by atoms with Crippen LogP contribution in [0.4, 0.5) is 0 Å². The minimum Gasteiger partial charge on any atom is -0.466 e. The quantitative estimate of drug-likeness (QED) is 0.0322. The van der Waals surface area contributed by atoms with Gasteiger partial charge in [0.25, 0.3) is 0 Å². The van der Waals surface area contributed by atoms with Crippen LogP contribution in [0, 0.1) is 0 Å². The molecule has 0 saturated heterocycles. The number of allylic oxidation sites excluding steroid dienone is 3. The van der Waals surface area contributed by atoms with Gasteiger partial charge in [-0.2, -0.15) is 0 Å². The van der Waals surface area contributed by atoms with E-state index < -0.39 is 12.1 Å². The predicted octanol–water partition coefficient (Wildman–Crippen LogP) is 15.9. The van der Waals surface area contributed by atoms with E-state index in [0.717, 1.165) is 77.0 Å². The first kappa shape index (κ1) is 58.3. The van der Waals surface area contributed by atoms with E-state index in [0.29, 0.717) is 19.4 Å². The van der Waals surface area contributed by atoms with Gasteiger partial charge >= 0.3 is 5.97 Å². The molecule has 0 aliphatic rings. The van der Waals surface area contributed by atoms with Gasteiger partial charge in [0, 0.05) is 12.8 Å². The van der Waals surface area contributed by atoms with Gasteiger partial charge in [-0.3, -0.25) is 9.59 Å². The van der Waals surface area contributed by atoms with Gasteiger partial charge in [-0.1, -0.05) is 231 Å². The van der Waals surface area contributed by atoms with E-state index in [1.54, 1.807) is 6.08 Å². The highest BCUT2D eigenvalue weighted by Gasteiger charge is 2.18. The van der Waals surface area contributed by atoms with Crippen molar-refractivity contribution in [1.29, 1.82) is 0 Å². The Morgan fingerprint density at radius 3 is 1.18 bits per heavy atom. The highest BCUT2D eigenvalue weighted by atomic mass is 16.5. The zero-order valence-corrected chi connectivity index (χ0v) is 40.2. The molecule has 60 heavy (non-hydrogen) atoms. The number of ether oxygens (including phenoxy) is 1. The van der Waals surface area contributed by atoms with E-state index in [1.807, 2.05) is 6.08 Å². The largest absolute Gasteiger partial charge is 0.466 e. The standard InChI is InChI=1S/C54H103NO5/c1-3-5-7-9-11-13-15-17-18-19-20-21-22-23-28-32-36-40-44-48-54(59)60-49-45-41-37-33-29-25-24-27-31-35-39-43-47-53(58)55-51(50-56)52(57)46-42-38-34-30-26-16-14-12-10-8-6-4-2/h25,29,42,46,51-52,56-57H,3-24,26-28,30-41,43-45,47-50H2,1-2H3,(H,55,58)/b29-25-,46-42+. The van der Waals surface area contributed by atoms with Crippen LogP contribution in [-0.2, 0) is 14.3 Å². The van der Waals surface area contributed by atoms with Crippen molar-refractivity contribution in [2.24, 2.45) is 0 Å². The lowest BCUT2D eigenvalue weighted by atomic mass is 10.0. The highest BCUT2D eigenvalue weighted by Crippen LogP contribution is 2.16. The van der Waals surface area contributed by atoms with Gasteiger partial charge in [-0.25, -0.2) is 0 Å². The van der Waals surface area contributed by atoms with E-state index in [2.05, 4.69) is 31.3 Å². The maximum Gasteiger partial charge on any atom is 0.305 e. The third-order valence-electron chi connectivity index (χ3n) is 12.2. The average molecular weight is 846 g/mol. The fourth-order valence-electron chi connectivity index (χ4n) is 8.10. The molecule has 0 spiro atoms. The van der Waals surface area contributed by atoms with Gasteiger partial charge in [0.1, 0.15) is 0 Å². The molecule has 0 aromatic heterocycles. The number of hydrogen-bond donors (Lipinski definition) is 3. The minimum atomic E-state index is -0.859. The van der Waals surface area contributed by atoms with Crippen LogP contribution >= 0.6 is 0 Å². The molecule has 0 fully saturated rings. The highest BCUT2D eigenvalue weighted by molar-refractivity contribution is 5.76. The summed E-state index contributed by atoms with van der Waals surface area (Å²) in [6, 6.07) is -0.645. The van der Waals surface area contributed by atoms with Crippen LogP contribution in [0.3, 0.4) is 0 Å². The Labute approximate surface area is 373 Å². The number of nitrogens with one attached hydrogen (secondary N) is 1. The predicted molar refractivity (Wildman–Crippen MR) is 260 cm³/mol. The topological polar surface area (TPSA) is 95.9 Å². The molecule has 0 bridgehead atoms. The van der Waals surface area contributed by atoms with Crippen molar-refractivity contribution in [3.8, 4) is 0 Å². The maximum atomic E-state index is 12.4. The second-order valence-electron chi connectivity index (χ2n) is 18.2. The van der Waals surface area contributed by atoms with Gasteiger partial charge in [-0.05, 0) is 64.2 Å². The Kier molecular flexibility index (Phi) is 48.6. The number of aliphatic hydroxyl groups excluding tert-OH is 2. The summed E-state index contributed by atoms with van der Waals surface area (Å²) in [5.74, 6) is -0.114. The van der Waals surface area contributed by atoms with Crippen molar-refractivity contribution in [2.75, 3.05) is 13.2 Å². The van der Waals surface area contributed by atoms with Crippen LogP contribution in [0.2, 0.25) is 0 Å². The molecule has 0 aliphatic carbocycles. The summed E-state index contributed by atoms with van der Waals surface area (Å²) in [5.41, 5.74) is 0. The Hall–Kier alpha value is -1.66. The number of rotatable bonds is 49. The molecular formula is C54H103NO5. The van der Waals surface area contributed by atoms with E-state index in [4.69, 9.17) is 4.74 Å². The number of amides is 1. The van der Waals surface area contributed by atoms with E-state index >= 15 is 0 Å². The Bertz CT molecular complexity index is 935. The number of hydrogen-bond acceptors (Lipinski definition) is 5. The van der Waals surface area contributed by atoms with Gasteiger partial charge in [-0.15, -0.1) is 0 Å². The van der Waals surface area contributed by atoms with Gasteiger partial charge in [0.05, 0.1) is 25.4 Å². The van der Waals surface area contributed by atoms with E-state index in [1.165, 1.54) is 180 Å². The third kappa shape index (κ3) is 45.9. The maximum absolute atomic E-state index is 12.4. The molecule has 6 heteroatoms. The van der Waals surface area contributed by atoms with Crippen molar-refractivity contribution in [2.45, 2.75) is 296 Å². The molecule has 0 aliphatic heterocycles. The van der Waals surface area contributed by atoms with Crippen LogP contribution in [0.5, 0.6) is 0 Å². The van der Waals surface area contributed by atoms with Crippen LogP contribution in [0.15, 0.2) is 24.3 Å². The van der Waals surface area contributed by atoms with Crippen molar-refractivity contribution in [1.82, 2.24) is 5.32 Å². The summed E-state index contributed by atoms with van der Waals surface area (Å²) in [5, 5.41) is 23.0. The van der Waals surface area contributed by atoms with Gasteiger partial charge in [0.15, 0.2) is 0 Å². The molecule has 0 aromatic carbocycles. The number of aliphatic hydroxyl groups is 2. The van der Waals surface area contributed by atoms with Gasteiger partial charge in [0.2, 0.25) is 5.91 Å². The molecule has 354 valence electrons. The molecular weight excluding hydrogens is 743 g/mol. The molecule has 0 heterocycles. The molecule has 0 saturated carbocycles. The molecule has 0 radical (unpaired) electrons. The molecule has 1 amide bonds. The minimum absolute atomic E-state index is 0.0200. The second kappa shape index (κ2) is 50.0.